The number of hydrogen-bond donors (Lipinski definition) is 1. The maximum Gasteiger partial charge on any atom is 0.236 e. The van der Waals surface area contributed by atoms with E-state index in [4.69, 9.17) is 4.74 Å². The van der Waals surface area contributed by atoms with Crippen molar-refractivity contribution in [1.82, 2.24) is 15.3 Å². The zero-order chi connectivity index (χ0) is 14.4. The van der Waals surface area contributed by atoms with Crippen molar-refractivity contribution in [3.8, 4) is 5.88 Å². The van der Waals surface area contributed by atoms with E-state index in [0.29, 0.717) is 5.88 Å². The van der Waals surface area contributed by atoms with Gasteiger partial charge < -0.3 is 10.1 Å². The van der Waals surface area contributed by atoms with Crippen molar-refractivity contribution in [3.63, 3.8) is 0 Å². The molecular formula is C16H21N3O. The number of benzene rings is 1. The number of nitrogens with one attached hydrogen (secondary N) is 1. The van der Waals surface area contributed by atoms with E-state index in [1.807, 2.05) is 7.05 Å². The first kappa shape index (κ1) is 14.5. The molecule has 1 unspecified atom stereocenters. The average Bonchev–Trinajstić information content (AvgIpc) is 2.50. The molecule has 4 nitrogen and oxygen atoms in total. The number of nitrogens with zero attached hydrogens (tertiary/aromatic N) is 2. The van der Waals surface area contributed by atoms with Crippen LogP contribution in [0.25, 0.3) is 0 Å². The number of hydrogen-bond acceptors (Lipinski definition) is 4. The average molecular weight is 271 g/mol. The summed E-state index contributed by atoms with van der Waals surface area (Å²) < 4.78 is 5.29. The van der Waals surface area contributed by atoms with E-state index in [0.717, 1.165) is 18.5 Å². The standard InChI is InChI=1S/C16H21N3O/c1-12-6-4-5-7-13(12)8-9-14(17-2)15-16(20-3)19-11-10-18-15/h4-7,10-11,14,17H,8-9H2,1-3H3. The highest BCUT2D eigenvalue weighted by Gasteiger charge is 2.17. The Hall–Kier alpha value is -1.94. The minimum absolute atomic E-state index is 0.137. The molecular weight excluding hydrogens is 250 g/mol. The molecule has 0 spiro atoms. The monoisotopic (exact) mass is 271 g/mol. The van der Waals surface area contributed by atoms with Gasteiger partial charge in [-0.3, -0.25) is 4.98 Å². The van der Waals surface area contributed by atoms with Gasteiger partial charge in [-0.25, -0.2) is 4.98 Å². The highest BCUT2D eigenvalue weighted by Crippen LogP contribution is 2.24. The van der Waals surface area contributed by atoms with Crippen molar-refractivity contribution in [3.05, 3.63) is 53.5 Å². The summed E-state index contributed by atoms with van der Waals surface area (Å²) in [4.78, 5) is 8.62. The molecule has 0 saturated carbocycles. The fraction of sp³-hybridized carbons (Fsp3) is 0.375. The van der Waals surface area contributed by atoms with Crippen LogP contribution in [0.1, 0.15) is 29.3 Å². The highest BCUT2D eigenvalue weighted by atomic mass is 16.5. The topological polar surface area (TPSA) is 47.0 Å². The highest BCUT2D eigenvalue weighted by molar-refractivity contribution is 5.27. The van der Waals surface area contributed by atoms with Gasteiger partial charge in [0.1, 0.15) is 5.69 Å². The van der Waals surface area contributed by atoms with Crippen LogP contribution in [-0.2, 0) is 6.42 Å². The molecule has 1 atom stereocenters. The SMILES string of the molecule is CNC(CCc1ccccc1C)c1nccnc1OC. The largest absolute Gasteiger partial charge is 0.480 e. The Morgan fingerprint density at radius 3 is 2.65 bits per heavy atom. The van der Waals surface area contributed by atoms with Gasteiger partial charge in [-0.1, -0.05) is 24.3 Å². The Morgan fingerprint density at radius 1 is 1.20 bits per heavy atom. The van der Waals surface area contributed by atoms with Crippen LogP contribution in [0.4, 0.5) is 0 Å². The Labute approximate surface area is 120 Å². The van der Waals surface area contributed by atoms with E-state index in [9.17, 15) is 0 Å². The van der Waals surface area contributed by atoms with Crippen molar-refractivity contribution >= 4 is 0 Å². The van der Waals surface area contributed by atoms with Gasteiger partial charge in [0.15, 0.2) is 0 Å². The molecule has 1 aromatic carbocycles. The third kappa shape index (κ3) is 3.33. The second kappa shape index (κ2) is 7.01. The molecule has 1 aromatic heterocycles. The minimum atomic E-state index is 0.137. The molecule has 0 fully saturated rings. The quantitative estimate of drug-likeness (QED) is 0.877. The minimum Gasteiger partial charge on any atom is -0.480 e. The van der Waals surface area contributed by atoms with Crippen molar-refractivity contribution < 1.29 is 4.74 Å². The molecule has 1 N–H and O–H groups in total. The zero-order valence-corrected chi connectivity index (χ0v) is 12.3. The third-order valence-electron chi connectivity index (χ3n) is 3.53. The Bertz CT molecular complexity index is 557. The summed E-state index contributed by atoms with van der Waals surface area (Å²) in [5, 5.41) is 3.30. The lowest BCUT2D eigenvalue weighted by atomic mass is 9.99. The second-order valence-electron chi connectivity index (χ2n) is 4.76. The molecule has 0 aliphatic rings. The van der Waals surface area contributed by atoms with E-state index in [1.54, 1.807) is 19.5 Å². The number of aromatic nitrogens is 2. The molecule has 0 radical (unpaired) electrons. The van der Waals surface area contributed by atoms with Crippen molar-refractivity contribution in [2.45, 2.75) is 25.8 Å². The predicted octanol–water partition coefficient (Wildman–Crippen LogP) is 2.69. The van der Waals surface area contributed by atoms with Crippen LogP contribution in [0.5, 0.6) is 5.88 Å². The molecule has 106 valence electrons. The lowest BCUT2D eigenvalue weighted by Crippen LogP contribution is -2.19. The van der Waals surface area contributed by atoms with Crippen LogP contribution in [-0.4, -0.2) is 24.1 Å². The molecule has 2 aromatic rings. The van der Waals surface area contributed by atoms with Gasteiger partial charge in [0.05, 0.1) is 13.2 Å². The van der Waals surface area contributed by atoms with Crippen LogP contribution in [0.15, 0.2) is 36.7 Å². The molecule has 0 amide bonds. The molecule has 1 heterocycles. The summed E-state index contributed by atoms with van der Waals surface area (Å²) in [5.41, 5.74) is 3.56. The van der Waals surface area contributed by atoms with Gasteiger partial charge in [0.2, 0.25) is 5.88 Å². The fourth-order valence-corrected chi connectivity index (χ4v) is 2.34. The first-order valence-electron chi connectivity index (χ1n) is 6.83. The lowest BCUT2D eigenvalue weighted by Gasteiger charge is -2.17. The summed E-state index contributed by atoms with van der Waals surface area (Å²) in [6, 6.07) is 8.61. The lowest BCUT2D eigenvalue weighted by molar-refractivity contribution is 0.377. The molecule has 2 rings (SSSR count). The zero-order valence-electron chi connectivity index (χ0n) is 12.3. The Kier molecular flexibility index (Phi) is 5.07. The number of aryl methyl sites for hydroxylation is 2. The maximum atomic E-state index is 5.29. The van der Waals surface area contributed by atoms with E-state index < -0.39 is 0 Å². The van der Waals surface area contributed by atoms with E-state index in [2.05, 4.69) is 46.5 Å². The van der Waals surface area contributed by atoms with Crippen molar-refractivity contribution in [2.24, 2.45) is 0 Å². The smallest absolute Gasteiger partial charge is 0.236 e. The van der Waals surface area contributed by atoms with Crippen LogP contribution < -0.4 is 10.1 Å². The molecule has 0 aliphatic heterocycles. The number of ether oxygens (including phenoxy) is 1. The van der Waals surface area contributed by atoms with Gasteiger partial charge in [-0.05, 0) is 37.9 Å². The molecule has 0 saturated heterocycles. The van der Waals surface area contributed by atoms with Crippen LogP contribution in [0.2, 0.25) is 0 Å². The van der Waals surface area contributed by atoms with Crippen molar-refractivity contribution in [2.75, 3.05) is 14.2 Å². The normalized spacial score (nSPS) is 12.2. The van der Waals surface area contributed by atoms with Crippen LogP contribution >= 0.6 is 0 Å². The fourth-order valence-electron chi connectivity index (χ4n) is 2.34. The van der Waals surface area contributed by atoms with Crippen LogP contribution in [0.3, 0.4) is 0 Å². The number of rotatable bonds is 6. The first-order valence-corrected chi connectivity index (χ1v) is 6.83. The van der Waals surface area contributed by atoms with Crippen LogP contribution in [0, 0.1) is 6.92 Å². The van der Waals surface area contributed by atoms with Crippen molar-refractivity contribution in [1.29, 1.82) is 0 Å². The Balaban J connectivity index is 2.11. The maximum absolute atomic E-state index is 5.29. The third-order valence-corrected chi connectivity index (χ3v) is 3.53. The first-order chi connectivity index (χ1) is 9.76. The number of methoxy groups -OCH3 is 1. The summed E-state index contributed by atoms with van der Waals surface area (Å²) in [7, 11) is 3.57. The van der Waals surface area contributed by atoms with E-state index in [-0.39, 0.29) is 6.04 Å². The van der Waals surface area contributed by atoms with Gasteiger partial charge in [0, 0.05) is 12.4 Å². The van der Waals surface area contributed by atoms with Gasteiger partial charge in [0.25, 0.3) is 0 Å². The van der Waals surface area contributed by atoms with E-state index in [1.165, 1.54) is 11.1 Å². The Morgan fingerprint density at radius 2 is 1.95 bits per heavy atom. The summed E-state index contributed by atoms with van der Waals surface area (Å²) >= 11 is 0. The molecule has 0 bridgehead atoms. The van der Waals surface area contributed by atoms with Gasteiger partial charge >= 0.3 is 0 Å². The molecule has 20 heavy (non-hydrogen) atoms. The summed E-state index contributed by atoms with van der Waals surface area (Å²) in [5.74, 6) is 0.594. The van der Waals surface area contributed by atoms with Gasteiger partial charge in [-0.15, -0.1) is 0 Å². The molecule has 0 aliphatic carbocycles. The summed E-state index contributed by atoms with van der Waals surface area (Å²) in [6.07, 6.45) is 5.31. The van der Waals surface area contributed by atoms with Gasteiger partial charge in [-0.2, -0.15) is 0 Å². The molecule has 4 heteroatoms. The summed E-state index contributed by atoms with van der Waals surface area (Å²) in [6.45, 7) is 2.15. The predicted molar refractivity (Wildman–Crippen MR) is 79.9 cm³/mol. The second-order valence-corrected chi connectivity index (χ2v) is 4.76. The van der Waals surface area contributed by atoms with E-state index >= 15 is 0 Å².